The molecule has 26 nitrogen and oxygen atoms in total. The molecule has 0 spiro atoms. The Kier molecular flexibility index (Phi) is 20.9. The van der Waals surface area contributed by atoms with Gasteiger partial charge in [0.05, 0.1) is 104 Å². The molecule has 426 valence electrons. The Labute approximate surface area is 484 Å². The summed E-state index contributed by atoms with van der Waals surface area (Å²) in [6.07, 6.45) is 11.9. The molecular formula is C50H60Br2N16O10S2. The Morgan fingerprint density at radius 3 is 1.25 bits per heavy atom. The topological polar surface area (TPSA) is 293 Å². The molecule has 0 amide bonds. The van der Waals surface area contributed by atoms with Gasteiger partial charge in [-0.05, 0) is 94.7 Å². The summed E-state index contributed by atoms with van der Waals surface area (Å²) >= 11 is 10.3. The number of hydrogen-bond donors (Lipinski definition) is 2. The van der Waals surface area contributed by atoms with Crippen LogP contribution in [0.2, 0.25) is 0 Å². The second-order valence-electron chi connectivity index (χ2n) is 18.0. The molecule has 4 N–H and O–H groups in total. The lowest BCUT2D eigenvalue weighted by Crippen LogP contribution is -2.15. The number of aryl methyl sites for hydroxylation is 4. The zero-order valence-electron chi connectivity index (χ0n) is 43.7. The van der Waals surface area contributed by atoms with Gasteiger partial charge in [0.2, 0.25) is 13.6 Å². The van der Waals surface area contributed by atoms with E-state index in [4.69, 9.17) is 68.8 Å². The number of nitrogen functional groups attached to an aromatic ring is 2. The van der Waals surface area contributed by atoms with Gasteiger partial charge in [0.1, 0.15) is 12.7 Å². The van der Waals surface area contributed by atoms with Crippen molar-refractivity contribution in [1.29, 1.82) is 0 Å². The standard InChI is InChI=1S/C50H60Br2N16O10S2/c51-35-23-37-39(77-31-75-37)25-41(35)79-49-59-43-45(53)55-29-57-47(43)67(49)7-3-1-5-33-27-65(63-61-33)9-11-69-13-15-71-17-19-73-21-22-74-20-18-72-16-14-70-12-10-66-28-34(62-64-66)6-2-4-8-68-48-44(46(54)56-30-58-48)60-50(68)80-42-26-40-38(24-36(42)52)76-32-78-40/h23-30H,1-22,31-32H2,(H2,53,55,57)(H2,54,56,58). The zero-order valence-corrected chi connectivity index (χ0v) is 48.5. The van der Waals surface area contributed by atoms with Crippen molar-refractivity contribution in [3.63, 3.8) is 0 Å². The van der Waals surface area contributed by atoms with E-state index in [0.29, 0.717) is 162 Å². The number of fused-ring (bicyclic) bond motifs is 4. The van der Waals surface area contributed by atoms with Crippen molar-refractivity contribution >= 4 is 89.3 Å². The average molecular weight is 1270 g/mol. The fourth-order valence-electron chi connectivity index (χ4n) is 8.37. The van der Waals surface area contributed by atoms with Gasteiger partial charge >= 0.3 is 0 Å². The Morgan fingerprint density at radius 2 is 0.850 bits per heavy atom. The Bertz CT molecular complexity index is 3080. The predicted octanol–water partition coefficient (Wildman–Crippen LogP) is 6.44. The number of benzene rings is 2. The van der Waals surface area contributed by atoms with Gasteiger partial charge in [0.25, 0.3) is 0 Å². The molecule has 8 aromatic rings. The average Bonchev–Trinajstić information content (AvgIpc) is 4.54. The maximum atomic E-state index is 6.19. The van der Waals surface area contributed by atoms with Crippen molar-refractivity contribution in [2.45, 2.75) is 84.8 Å². The van der Waals surface area contributed by atoms with Crippen molar-refractivity contribution in [2.24, 2.45) is 0 Å². The molecule has 0 atom stereocenters. The summed E-state index contributed by atoms with van der Waals surface area (Å²) in [5, 5.41) is 18.8. The van der Waals surface area contributed by atoms with E-state index in [9.17, 15) is 0 Å². The molecule has 2 aliphatic rings. The zero-order chi connectivity index (χ0) is 54.9. The van der Waals surface area contributed by atoms with Crippen LogP contribution in [0.3, 0.4) is 0 Å². The smallest absolute Gasteiger partial charge is 0.231 e. The van der Waals surface area contributed by atoms with E-state index in [1.54, 1.807) is 9.36 Å². The van der Waals surface area contributed by atoms with Crippen molar-refractivity contribution < 1.29 is 47.4 Å². The molecule has 80 heavy (non-hydrogen) atoms. The van der Waals surface area contributed by atoms with Crippen LogP contribution in [-0.4, -0.2) is 162 Å². The molecule has 0 aliphatic carbocycles. The maximum Gasteiger partial charge on any atom is 0.231 e. The van der Waals surface area contributed by atoms with Gasteiger partial charge in [-0.25, -0.2) is 39.3 Å². The summed E-state index contributed by atoms with van der Waals surface area (Å²) in [5.41, 5.74) is 16.8. The minimum absolute atomic E-state index is 0.199. The highest BCUT2D eigenvalue weighted by atomic mass is 79.9. The Balaban J connectivity index is 0.502. The van der Waals surface area contributed by atoms with Crippen LogP contribution in [-0.2, 0) is 67.4 Å². The van der Waals surface area contributed by atoms with E-state index in [2.05, 4.69) is 81.6 Å². The number of nitrogens with zero attached hydrogens (tertiary/aromatic N) is 14. The van der Waals surface area contributed by atoms with Crippen molar-refractivity contribution in [1.82, 2.24) is 69.0 Å². The minimum Gasteiger partial charge on any atom is -0.454 e. The van der Waals surface area contributed by atoms with Crippen LogP contribution in [0.15, 0.2) is 78.4 Å². The van der Waals surface area contributed by atoms with Gasteiger partial charge in [0.15, 0.2) is 67.3 Å². The monoisotopic (exact) mass is 1270 g/mol. The van der Waals surface area contributed by atoms with Gasteiger partial charge in [0, 0.05) is 44.2 Å². The highest BCUT2D eigenvalue weighted by Gasteiger charge is 2.23. The number of rotatable bonds is 35. The van der Waals surface area contributed by atoms with Gasteiger partial charge in [-0.3, -0.25) is 0 Å². The number of ether oxygens (including phenoxy) is 10. The first kappa shape index (κ1) is 57.3. The highest BCUT2D eigenvalue weighted by molar-refractivity contribution is 9.10. The van der Waals surface area contributed by atoms with Crippen LogP contribution in [0.25, 0.3) is 22.3 Å². The first-order valence-electron chi connectivity index (χ1n) is 26.0. The number of hydrogen-bond acceptors (Lipinski definition) is 24. The molecule has 2 aromatic carbocycles. The summed E-state index contributed by atoms with van der Waals surface area (Å²) < 4.78 is 65.8. The molecule has 6 aromatic heterocycles. The third kappa shape index (κ3) is 15.5. The van der Waals surface area contributed by atoms with Gasteiger partial charge in [-0.2, -0.15) is 0 Å². The lowest BCUT2D eigenvalue weighted by Gasteiger charge is -2.09. The second kappa shape index (κ2) is 29.1. The van der Waals surface area contributed by atoms with Crippen LogP contribution in [0.4, 0.5) is 11.6 Å². The van der Waals surface area contributed by atoms with E-state index in [-0.39, 0.29) is 13.6 Å². The quantitative estimate of drug-likeness (QED) is 0.0404. The number of unbranched alkanes of at least 4 members (excludes halogenated alkanes) is 2. The molecule has 0 saturated carbocycles. The lowest BCUT2D eigenvalue weighted by atomic mass is 10.2. The third-order valence-corrected chi connectivity index (χ3v) is 16.3. The number of nitrogens with two attached hydrogens (primary N) is 2. The van der Waals surface area contributed by atoms with Crippen LogP contribution in [0.5, 0.6) is 23.0 Å². The Hall–Kier alpha value is -5.96. The van der Waals surface area contributed by atoms with E-state index >= 15 is 0 Å². The molecule has 0 unspecified atom stereocenters. The second-order valence-corrected chi connectivity index (χ2v) is 21.7. The first-order valence-corrected chi connectivity index (χ1v) is 29.3. The fourth-order valence-corrected chi connectivity index (χ4v) is 11.4. The van der Waals surface area contributed by atoms with Gasteiger partial charge in [-0.15, -0.1) is 10.2 Å². The molecule has 30 heteroatoms. The lowest BCUT2D eigenvalue weighted by molar-refractivity contribution is -0.0174. The van der Waals surface area contributed by atoms with Gasteiger partial charge in [-0.1, -0.05) is 34.0 Å². The van der Waals surface area contributed by atoms with Crippen LogP contribution in [0, 0.1) is 0 Å². The van der Waals surface area contributed by atoms with Crippen molar-refractivity contribution in [3.05, 3.63) is 69.6 Å². The molecule has 0 radical (unpaired) electrons. The summed E-state index contributed by atoms with van der Waals surface area (Å²) in [4.78, 5) is 28.8. The molecule has 8 heterocycles. The van der Waals surface area contributed by atoms with E-state index in [0.717, 1.165) is 79.0 Å². The fraction of sp³-hybridized carbons (Fsp3) is 0.480. The van der Waals surface area contributed by atoms with Crippen LogP contribution in [0.1, 0.15) is 37.1 Å². The number of imidazole rings is 2. The van der Waals surface area contributed by atoms with Crippen LogP contribution >= 0.6 is 55.4 Å². The molecule has 0 saturated heterocycles. The van der Waals surface area contributed by atoms with E-state index in [1.807, 2.05) is 36.7 Å². The summed E-state index contributed by atoms with van der Waals surface area (Å²) in [7, 11) is 0. The normalized spacial score (nSPS) is 12.8. The number of halogens is 2. The van der Waals surface area contributed by atoms with Gasteiger partial charge < -0.3 is 68.0 Å². The van der Waals surface area contributed by atoms with Crippen molar-refractivity contribution in [3.8, 4) is 23.0 Å². The number of aromatic nitrogens is 14. The van der Waals surface area contributed by atoms with Crippen molar-refractivity contribution in [2.75, 3.05) is 104 Å². The SMILES string of the molecule is Nc1ncnc2c1nc(Sc1cc3c(cc1Br)OCO3)n2CCCCc1cn(CCOCCOCCOCCOCCOCCOCCn2cc(CCCCn3c(Sc4cc5c(cc4Br)OCO5)nc4c(N)ncnc43)nn2)nn1. The molecule has 0 fully saturated rings. The molecule has 2 aliphatic heterocycles. The highest BCUT2D eigenvalue weighted by Crippen LogP contribution is 2.45. The largest absolute Gasteiger partial charge is 0.454 e. The Morgan fingerprint density at radius 1 is 0.475 bits per heavy atom. The first-order chi connectivity index (χ1) is 39.3. The van der Waals surface area contributed by atoms with E-state index in [1.165, 1.54) is 36.2 Å². The number of anilines is 2. The summed E-state index contributed by atoms with van der Waals surface area (Å²) in [6, 6.07) is 7.69. The predicted molar refractivity (Wildman–Crippen MR) is 299 cm³/mol. The summed E-state index contributed by atoms with van der Waals surface area (Å²) in [6.45, 7) is 8.66. The maximum absolute atomic E-state index is 6.19. The van der Waals surface area contributed by atoms with Crippen LogP contribution < -0.4 is 30.4 Å². The minimum atomic E-state index is 0.199. The molecular weight excluding hydrogens is 1210 g/mol. The molecule has 10 rings (SSSR count). The third-order valence-electron chi connectivity index (χ3n) is 12.4. The molecule has 0 bridgehead atoms. The van der Waals surface area contributed by atoms with E-state index < -0.39 is 0 Å². The summed E-state index contributed by atoms with van der Waals surface area (Å²) in [5.74, 6) is 3.48.